The van der Waals surface area contributed by atoms with E-state index in [9.17, 15) is 36.4 Å². The zero-order valence-corrected chi connectivity index (χ0v) is 32.7. The summed E-state index contributed by atoms with van der Waals surface area (Å²) in [4.78, 5) is 61.9. The molecule has 1 saturated heterocycles. The molecular formula is C39H47F2N5O10S. The van der Waals surface area contributed by atoms with E-state index >= 15 is 0 Å². The van der Waals surface area contributed by atoms with Gasteiger partial charge in [-0.05, 0) is 81.4 Å². The van der Waals surface area contributed by atoms with Crippen LogP contribution in [0.2, 0.25) is 0 Å². The molecule has 3 N–H and O–H groups in total. The molecule has 18 heteroatoms. The number of ether oxygens (including phenoxy) is 4. The quantitative estimate of drug-likeness (QED) is 0.322. The Bertz CT molecular complexity index is 2130. The molecule has 7 unspecified atom stereocenters. The lowest BCUT2D eigenvalue weighted by atomic mass is 9.88. The molecule has 3 saturated carbocycles. The number of aromatic nitrogens is 1. The third-order valence-electron chi connectivity index (χ3n) is 12.1. The fraction of sp³-hybridized carbons (Fsp3) is 0.615. The van der Waals surface area contributed by atoms with E-state index in [1.54, 1.807) is 0 Å². The Labute approximate surface area is 328 Å². The first-order valence-electron chi connectivity index (χ1n) is 19.6. The molecule has 6 aliphatic rings. The number of allylic oxidation sites excluding steroid dienone is 1. The highest BCUT2D eigenvalue weighted by Gasteiger charge is 2.62. The number of rotatable bonds is 8. The van der Waals surface area contributed by atoms with Crippen LogP contribution < -0.4 is 29.6 Å². The van der Waals surface area contributed by atoms with Crippen molar-refractivity contribution in [2.24, 2.45) is 23.2 Å². The topological polar surface area (TPSA) is 192 Å². The van der Waals surface area contributed by atoms with Gasteiger partial charge in [0.05, 0.1) is 18.4 Å². The van der Waals surface area contributed by atoms with Crippen LogP contribution in [0.25, 0.3) is 10.8 Å². The second-order valence-corrected chi connectivity index (χ2v) is 19.0. The van der Waals surface area contributed by atoms with Crippen molar-refractivity contribution in [3.8, 4) is 17.4 Å². The number of halogens is 2. The standard InChI is InChI=1S/C39H47F2N5O10S/c1-21-6-4-5-7-23-18-38(23,35(49)45-57(51,52)25-8-9-25)44-32(47)28-17-24(54-33-27-10-11-29-31(26(27)12-15-42-33)56-39(40,41)55-29)19-46(28)34(48)30(22(2)16-21)43-36(50)53-20-37(3)13-14-37/h5,7,10-12,15,21-25,28,30H,4,6,8-9,13-14,16-20H2,1-3H3,(H,43,50)(H,44,47)(H,45,49). The largest absolute Gasteiger partial charge is 0.586 e. The molecular weight excluding hydrogens is 769 g/mol. The molecule has 4 fully saturated rings. The monoisotopic (exact) mass is 815 g/mol. The summed E-state index contributed by atoms with van der Waals surface area (Å²) < 4.78 is 77.2. The van der Waals surface area contributed by atoms with Crippen molar-refractivity contribution in [3.05, 3.63) is 36.5 Å². The van der Waals surface area contributed by atoms with E-state index in [2.05, 4.69) is 25.1 Å². The van der Waals surface area contributed by atoms with E-state index in [0.717, 1.165) is 19.3 Å². The van der Waals surface area contributed by atoms with Crippen LogP contribution in [0.5, 0.6) is 17.4 Å². The lowest BCUT2D eigenvalue weighted by Crippen LogP contribution is -2.59. The Kier molecular flexibility index (Phi) is 9.79. The second kappa shape index (κ2) is 14.3. The maximum absolute atomic E-state index is 14.8. The molecule has 57 heavy (non-hydrogen) atoms. The zero-order chi connectivity index (χ0) is 40.5. The number of hydrogen-bond acceptors (Lipinski definition) is 11. The predicted octanol–water partition coefficient (Wildman–Crippen LogP) is 4.30. The van der Waals surface area contributed by atoms with Gasteiger partial charge in [-0.25, -0.2) is 18.2 Å². The van der Waals surface area contributed by atoms with Crippen molar-refractivity contribution in [1.29, 1.82) is 0 Å². The number of nitrogens with zero attached hydrogens (tertiary/aromatic N) is 2. The summed E-state index contributed by atoms with van der Waals surface area (Å²) in [5, 5.41) is 5.51. The number of nitrogens with one attached hydrogen (secondary N) is 3. The van der Waals surface area contributed by atoms with Crippen molar-refractivity contribution in [2.75, 3.05) is 13.2 Å². The van der Waals surface area contributed by atoms with Gasteiger partial charge in [0, 0.05) is 34.7 Å². The Morgan fingerprint density at radius 3 is 2.58 bits per heavy atom. The molecule has 7 atom stereocenters. The summed E-state index contributed by atoms with van der Waals surface area (Å²) in [6.07, 6.45) is 4.32. The number of amides is 4. The molecule has 1 aromatic heterocycles. The molecule has 3 aliphatic heterocycles. The first kappa shape index (κ1) is 39.1. The van der Waals surface area contributed by atoms with Crippen molar-refractivity contribution in [3.63, 3.8) is 0 Å². The summed E-state index contributed by atoms with van der Waals surface area (Å²) in [5.41, 5.74) is -1.68. The van der Waals surface area contributed by atoms with E-state index in [1.165, 1.54) is 29.3 Å². The minimum absolute atomic E-state index is 0.0252. The van der Waals surface area contributed by atoms with E-state index in [-0.39, 0.29) is 60.1 Å². The van der Waals surface area contributed by atoms with Crippen LogP contribution in [0.15, 0.2) is 36.5 Å². The summed E-state index contributed by atoms with van der Waals surface area (Å²) in [5.74, 6) is -3.23. The fourth-order valence-corrected chi connectivity index (χ4v) is 9.51. The number of carbonyl (C=O) groups is 4. The number of sulfonamides is 1. The summed E-state index contributed by atoms with van der Waals surface area (Å²) in [6, 6.07) is 1.93. The number of carbonyl (C=O) groups excluding carboxylic acids is 4. The third kappa shape index (κ3) is 8.06. The average molecular weight is 816 g/mol. The molecule has 0 spiro atoms. The first-order valence-corrected chi connectivity index (χ1v) is 21.1. The van der Waals surface area contributed by atoms with Crippen LogP contribution in [0.1, 0.15) is 78.6 Å². The highest BCUT2D eigenvalue weighted by molar-refractivity contribution is 7.91. The number of fused-ring (bicyclic) bond motifs is 5. The molecule has 2 aromatic rings. The number of alkyl carbamates (subject to hydrolysis) is 1. The van der Waals surface area contributed by atoms with Crippen molar-refractivity contribution in [2.45, 2.75) is 114 Å². The SMILES string of the molecule is CC1CCC=CC2CC2(C(=O)NS(=O)(=O)C2CC2)NC(=O)C2CC(Oc3nccc4c5c(ccc34)OC(F)(F)O5)CN2C(=O)C(NC(=O)OCC2(C)CC2)C(C)C1. The maximum atomic E-state index is 14.8. The van der Waals surface area contributed by atoms with Gasteiger partial charge in [0.25, 0.3) is 5.91 Å². The maximum Gasteiger partial charge on any atom is 0.586 e. The lowest BCUT2D eigenvalue weighted by molar-refractivity contribution is -0.286. The van der Waals surface area contributed by atoms with Gasteiger partial charge in [0.15, 0.2) is 11.5 Å². The average Bonchev–Trinajstić information content (AvgIpc) is 4.10. The van der Waals surface area contributed by atoms with E-state index in [1.807, 2.05) is 32.9 Å². The highest BCUT2D eigenvalue weighted by Crippen LogP contribution is 2.48. The van der Waals surface area contributed by atoms with Crippen LogP contribution in [0, 0.1) is 23.2 Å². The van der Waals surface area contributed by atoms with E-state index in [0.29, 0.717) is 31.1 Å². The molecule has 0 radical (unpaired) electrons. The molecule has 0 bridgehead atoms. The predicted molar refractivity (Wildman–Crippen MR) is 198 cm³/mol. The van der Waals surface area contributed by atoms with Crippen molar-refractivity contribution in [1.82, 2.24) is 25.2 Å². The number of pyridine rings is 1. The van der Waals surface area contributed by atoms with Crippen LogP contribution in [-0.4, -0.2) is 90.5 Å². The smallest absolute Gasteiger partial charge is 0.472 e. The van der Waals surface area contributed by atoms with Crippen LogP contribution in [-0.2, 0) is 29.1 Å². The third-order valence-corrected chi connectivity index (χ3v) is 13.9. The summed E-state index contributed by atoms with van der Waals surface area (Å²) in [7, 11) is -3.95. The van der Waals surface area contributed by atoms with Crippen LogP contribution in [0.4, 0.5) is 13.6 Å². The molecule has 3 aliphatic carbocycles. The number of hydrogen-bond donors (Lipinski definition) is 3. The first-order chi connectivity index (χ1) is 27.0. The van der Waals surface area contributed by atoms with Gasteiger partial charge in [0.2, 0.25) is 27.7 Å². The molecule has 4 amide bonds. The van der Waals surface area contributed by atoms with E-state index in [4.69, 9.17) is 14.2 Å². The van der Waals surface area contributed by atoms with Crippen LogP contribution >= 0.6 is 0 Å². The van der Waals surface area contributed by atoms with Crippen molar-refractivity contribution >= 4 is 44.6 Å². The molecule has 8 rings (SSSR count). The number of benzene rings is 1. The Balaban J connectivity index is 1.11. The van der Waals surface area contributed by atoms with Gasteiger partial charge in [0.1, 0.15) is 23.7 Å². The van der Waals surface area contributed by atoms with Gasteiger partial charge >= 0.3 is 12.4 Å². The Hall–Kier alpha value is -4.74. The van der Waals surface area contributed by atoms with Gasteiger partial charge in [-0.1, -0.05) is 32.9 Å². The molecule has 308 valence electrons. The minimum Gasteiger partial charge on any atom is -0.472 e. The van der Waals surface area contributed by atoms with Crippen LogP contribution in [0.3, 0.4) is 0 Å². The van der Waals surface area contributed by atoms with Gasteiger partial charge in [-0.15, -0.1) is 8.78 Å². The number of alkyl halides is 2. The second-order valence-electron chi connectivity index (χ2n) is 17.0. The molecule has 1 aromatic carbocycles. The molecule has 15 nitrogen and oxygen atoms in total. The van der Waals surface area contributed by atoms with E-state index < -0.39 is 80.9 Å². The zero-order valence-electron chi connectivity index (χ0n) is 31.9. The summed E-state index contributed by atoms with van der Waals surface area (Å²) >= 11 is 0. The Morgan fingerprint density at radius 2 is 1.84 bits per heavy atom. The van der Waals surface area contributed by atoms with Gasteiger partial charge < -0.3 is 34.5 Å². The summed E-state index contributed by atoms with van der Waals surface area (Å²) in [6.45, 7) is 5.96. The fourth-order valence-electron chi connectivity index (χ4n) is 8.15. The molecule has 4 heterocycles. The van der Waals surface area contributed by atoms with Gasteiger partial charge in [-0.2, -0.15) is 0 Å². The highest BCUT2D eigenvalue weighted by atomic mass is 32.2. The minimum atomic E-state index is -3.95. The Morgan fingerprint density at radius 1 is 1.07 bits per heavy atom. The lowest BCUT2D eigenvalue weighted by Gasteiger charge is -2.32. The van der Waals surface area contributed by atoms with Gasteiger partial charge in [-0.3, -0.25) is 19.1 Å². The van der Waals surface area contributed by atoms with Crippen molar-refractivity contribution < 1.29 is 55.3 Å². The normalized spacial score (nSPS) is 31.6.